The van der Waals surface area contributed by atoms with Crippen LogP contribution in [-0.4, -0.2) is 41.5 Å². The molecule has 0 fully saturated rings. The molecule has 0 spiro atoms. The van der Waals surface area contributed by atoms with E-state index in [9.17, 15) is 9.59 Å². The minimum atomic E-state index is -1.21. The third-order valence-electron chi connectivity index (χ3n) is 1.34. The Balaban J connectivity index is 3.95. The molecule has 0 aromatic carbocycles. The van der Waals surface area contributed by atoms with Crippen molar-refractivity contribution in [3.63, 3.8) is 0 Å². The molecule has 0 radical (unpaired) electrons. The van der Waals surface area contributed by atoms with Gasteiger partial charge in [-0.3, -0.25) is 0 Å². The molecule has 0 aromatic rings. The standard InChI is InChI=1S/C8H13NO5/c1-2-5-14-8(13)9-6(3-4-10)7(11)12/h2,6,10H,1,3-5H2,(H,9,13)(H,11,12). The lowest BCUT2D eigenvalue weighted by molar-refractivity contribution is -0.139. The van der Waals surface area contributed by atoms with Crippen molar-refractivity contribution in [3.05, 3.63) is 12.7 Å². The molecule has 0 bridgehead atoms. The van der Waals surface area contributed by atoms with Crippen molar-refractivity contribution in [1.29, 1.82) is 0 Å². The van der Waals surface area contributed by atoms with E-state index in [4.69, 9.17) is 10.2 Å². The number of amides is 1. The highest BCUT2D eigenvalue weighted by Gasteiger charge is 2.19. The van der Waals surface area contributed by atoms with E-state index in [1.165, 1.54) is 6.08 Å². The molecule has 1 atom stereocenters. The first-order valence-electron chi connectivity index (χ1n) is 3.99. The van der Waals surface area contributed by atoms with Gasteiger partial charge in [0.25, 0.3) is 0 Å². The molecule has 0 aliphatic carbocycles. The molecule has 14 heavy (non-hydrogen) atoms. The quantitative estimate of drug-likeness (QED) is 0.516. The van der Waals surface area contributed by atoms with Crippen LogP contribution in [0.3, 0.4) is 0 Å². The Bertz CT molecular complexity index is 216. The maximum Gasteiger partial charge on any atom is 0.408 e. The van der Waals surface area contributed by atoms with Crippen molar-refractivity contribution in [2.75, 3.05) is 13.2 Å². The minimum absolute atomic E-state index is 0.0112. The van der Waals surface area contributed by atoms with Gasteiger partial charge >= 0.3 is 12.1 Å². The number of carbonyl (C=O) groups excluding carboxylic acids is 1. The summed E-state index contributed by atoms with van der Waals surface area (Å²) in [4.78, 5) is 21.4. The fourth-order valence-corrected chi connectivity index (χ4v) is 0.705. The molecular formula is C8H13NO5. The second-order valence-corrected chi connectivity index (χ2v) is 2.43. The fraction of sp³-hybridized carbons (Fsp3) is 0.500. The lowest BCUT2D eigenvalue weighted by Gasteiger charge is -2.12. The van der Waals surface area contributed by atoms with Crippen LogP contribution in [-0.2, 0) is 9.53 Å². The third kappa shape index (κ3) is 5.15. The molecule has 0 aliphatic rings. The summed E-state index contributed by atoms with van der Waals surface area (Å²) in [5.41, 5.74) is 0. The fourth-order valence-electron chi connectivity index (χ4n) is 0.705. The summed E-state index contributed by atoms with van der Waals surface area (Å²) in [5, 5.41) is 19.2. The Labute approximate surface area is 81.2 Å². The van der Waals surface area contributed by atoms with Gasteiger partial charge in [0.1, 0.15) is 12.6 Å². The monoisotopic (exact) mass is 203 g/mol. The van der Waals surface area contributed by atoms with Crippen molar-refractivity contribution in [2.24, 2.45) is 0 Å². The van der Waals surface area contributed by atoms with Gasteiger partial charge in [-0.05, 0) is 0 Å². The SMILES string of the molecule is C=CCOC(=O)NC(CCO)C(=O)O. The van der Waals surface area contributed by atoms with E-state index < -0.39 is 18.1 Å². The van der Waals surface area contributed by atoms with Crippen molar-refractivity contribution in [1.82, 2.24) is 5.32 Å². The number of ether oxygens (including phenoxy) is 1. The summed E-state index contributed by atoms with van der Waals surface area (Å²) in [6.07, 6.45) is 0.464. The lowest BCUT2D eigenvalue weighted by atomic mass is 10.2. The number of rotatable bonds is 6. The predicted octanol–water partition coefficient (Wildman–Crippen LogP) is -0.266. The molecule has 3 N–H and O–H groups in total. The van der Waals surface area contributed by atoms with Gasteiger partial charge in [0, 0.05) is 13.0 Å². The highest BCUT2D eigenvalue weighted by Crippen LogP contribution is 1.92. The van der Waals surface area contributed by atoms with Gasteiger partial charge in [-0.25, -0.2) is 9.59 Å². The van der Waals surface area contributed by atoms with Gasteiger partial charge < -0.3 is 20.3 Å². The van der Waals surface area contributed by atoms with Crippen LogP contribution in [0.1, 0.15) is 6.42 Å². The van der Waals surface area contributed by atoms with Gasteiger partial charge in [0.2, 0.25) is 0 Å². The first kappa shape index (κ1) is 12.4. The van der Waals surface area contributed by atoms with Crippen LogP contribution in [0, 0.1) is 0 Å². The van der Waals surface area contributed by atoms with Crippen LogP contribution in [0.5, 0.6) is 0 Å². The summed E-state index contributed by atoms with van der Waals surface area (Å²) in [6, 6.07) is -1.13. The normalized spacial score (nSPS) is 11.5. The van der Waals surface area contributed by atoms with E-state index in [0.29, 0.717) is 0 Å². The number of hydrogen-bond donors (Lipinski definition) is 3. The number of aliphatic hydroxyl groups excluding tert-OH is 1. The Kier molecular flexibility index (Phi) is 6.13. The van der Waals surface area contributed by atoms with Gasteiger partial charge in [0.15, 0.2) is 0 Å². The van der Waals surface area contributed by atoms with Crippen molar-refractivity contribution in [2.45, 2.75) is 12.5 Å². The lowest BCUT2D eigenvalue weighted by Crippen LogP contribution is -2.41. The molecule has 0 saturated carbocycles. The molecular weight excluding hydrogens is 190 g/mol. The van der Waals surface area contributed by atoms with E-state index in [1.807, 2.05) is 0 Å². The maximum absolute atomic E-state index is 10.9. The van der Waals surface area contributed by atoms with Gasteiger partial charge in [-0.1, -0.05) is 12.7 Å². The summed E-state index contributed by atoms with van der Waals surface area (Å²) in [6.45, 7) is 3.01. The number of carbonyl (C=O) groups is 2. The Morgan fingerprint density at radius 2 is 2.21 bits per heavy atom. The molecule has 6 heteroatoms. The topological polar surface area (TPSA) is 95.9 Å². The highest BCUT2D eigenvalue weighted by atomic mass is 16.5. The van der Waals surface area contributed by atoms with Crippen LogP contribution in [0.4, 0.5) is 4.79 Å². The first-order valence-corrected chi connectivity index (χ1v) is 3.99. The largest absolute Gasteiger partial charge is 0.480 e. The maximum atomic E-state index is 10.9. The zero-order valence-electron chi connectivity index (χ0n) is 7.60. The van der Waals surface area contributed by atoms with Crippen LogP contribution in [0.2, 0.25) is 0 Å². The summed E-state index contributed by atoms with van der Waals surface area (Å²) < 4.78 is 4.51. The van der Waals surface area contributed by atoms with Gasteiger partial charge in [-0.15, -0.1) is 0 Å². The number of hydrogen-bond acceptors (Lipinski definition) is 4. The summed E-state index contributed by atoms with van der Waals surface area (Å²) in [7, 11) is 0. The van der Waals surface area contributed by atoms with E-state index >= 15 is 0 Å². The highest BCUT2D eigenvalue weighted by molar-refractivity contribution is 5.79. The van der Waals surface area contributed by atoms with Crippen LogP contribution < -0.4 is 5.32 Å². The Morgan fingerprint density at radius 1 is 1.57 bits per heavy atom. The average Bonchev–Trinajstić information content (AvgIpc) is 2.14. The minimum Gasteiger partial charge on any atom is -0.480 e. The van der Waals surface area contributed by atoms with Crippen LogP contribution >= 0.6 is 0 Å². The number of nitrogens with one attached hydrogen (secondary N) is 1. The molecule has 0 heterocycles. The van der Waals surface area contributed by atoms with Crippen molar-refractivity contribution >= 4 is 12.1 Å². The average molecular weight is 203 g/mol. The van der Waals surface area contributed by atoms with Crippen LogP contribution in [0.25, 0.3) is 0 Å². The number of aliphatic carboxylic acids is 1. The molecule has 0 aromatic heterocycles. The smallest absolute Gasteiger partial charge is 0.408 e. The summed E-state index contributed by atoms with van der Waals surface area (Å²) >= 11 is 0. The molecule has 80 valence electrons. The predicted molar refractivity (Wildman–Crippen MR) is 47.8 cm³/mol. The van der Waals surface area contributed by atoms with Crippen LogP contribution in [0.15, 0.2) is 12.7 Å². The zero-order valence-corrected chi connectivity index (χ0v) is 7.60. The number of aliphatic hydroxyl groups is 1. The summed E-state index contributed by atoms with van der Waals surface area (Å²) in [5.74, 6) is -1.21. The molecule has 0 rings (SSSR count). The number of alkyl carbamates (subject to hydrolysis) is 1. The molecule has 6 nitrogen and oxygen atoms in total. The number of carboxylic acid groups (broad SMARTS) is 1. The zero-order chi connectivity index (χ0) is 11.0. The van der Waals surface area contributed by atoms with Crippen molar-refractivity contribution in [3.8, 4) is 0 Å². The van der Waals surface area contributed by atoms with E-state index in [2.05, 4.69) is 16.6 Å². The third-order valence-corrected chi connectivity index (χ3v) is 1.34. The van der Waals surface area contributed by atoms with E-state index in [-0.39, 0.29) is 19.6 Å². The van der Waals surface area contributed by atoms with E-state index in [0.717, 1.165) is 0 Å². The Morgan fingerprint density at radius 3 is 2.64 bits per heavy atom. The van der Waals surface area contributed by atoms with Crippen molar-refractivity contribution < 1.29 is 24.5 Å². The first-order chi connectivity index (χ1) is 6.61. The number of carboxylic acids is 1. The molecule has 0 saturated heterocycles. The van der Waals surface area contributed by atoms with Gasteiger partial charge in [-0.2, -0.15) is 0 Å². The second-order valence-electron chi connectivity index (χ2n) is 2.43. The molecule has 1 unspecified atom stereocenters. The molecule has 0 aliphatic heterocycles. The second kappa shape index (κ2) is 6.90. The Hall–Kier alpha value is -1.56. The van der Waals surface area contributed by atoms with E-state index in [1.54, 1.807) is 0 Å². The molecule has 1 amide bonds. The van der Waals surface area contributed by atoms with Gasteiger partial charge in [0.05, 0.1) is 0 Å².